The fourth-order valence-electron chi connectivity index (χ4n) is 2.10. The van der Waals surface area contributed by atoms with Crippen LogP contribution >= 0.6 is 11.6 Å². The van der Waals surface area contributed by atoms with Crippen molar-refractivity contribution in [3.63, 3.8) is 0 Å². The van der Waals surface area contributed by atoms with Crippen molar-refractivity contribution in [2.24, 2.45) is 5.92 Å². The van der Waals surface area contributed by atoms with Crippen molar-refractivity contribution in [1.82, 2.24) is 0 Å². The fraction of sp³-hybridized carbons (Fsp3) is 0.462. The Hall–Kier alpha value is -1.22. The predicted molar refractivity (Wildman–Crippen MR) is 69.0 cm³/mol. The van der Waals surface area contributed by atoms with Crippen molar-refractivity contribution in [2.45, 2.75) is 13.3 Å². The summed E-state index contributed by atoms with van der Waals surface area (Å²) < 4.78 is 5.20. The second-order valence-electron chi connectivity index (χ2n) is 4.38. The lowest BCUT2D eigenvalue weighted by atomic mass is 9.98. The number of anilines is 1. The Morgan fingerprint density at radius 3 is 2.88 bits per heavy atom. The molecule has 1 unspecified atom stereocenters. The van der Waals surface area contributed by atoms with Gasteiger partial charge >= 0.3 is 0 Å². The maximum absolute atomic E-state index is 11.5. The predicted octanol–water partition coefficient (Wildman–Crippen LogP) is 2.76. The molecule has 0 N–H and O–H groups in total. The number of hydrogen-bond donors (Lipinski definition) is 0. The number of piperidine rings is 1. The van der Waals surface area contributed by atoms with Gasteiger partial charge in [0.25, 0.3) is 0 Å². The van der Waals surface area contributed by atoms with Gasteiger partial charge in [-0.2, -0.15) is 0 Å². The molecule has 3 nitrogen and oxygen atoms in total. The molecule has 1 aliphatic heterocycles. The molecule has 1 fully saturated rings. The SMILES string of the molecule is COc1ccc(Cl)c(N2CCC(=O)C(C)C2)c1. The third kappa shape index (κ3) is 2.55. The number of ether oxygens (including phenoxy) is 1. The van der Waals surface area contributed by atoms with Crippen molar-refractivity contribution in [1.29, 1.82) is 0 Å². The highest BCUT2D eigenvalue weighted by molar-refractivity contribution is 6.33. The summed E-state index contributed by atoms with van der Waals surface area (Å²) in [5.74, 6) is 1.19. The van der Waals surface area contributed by atoms with E-state index in [1.807, 2.05) is 25.1 Å². The summed E-state index contributed by atoms with van der Waals surface area (Å²) in [6.45, 7) is 3.42. The van der Waals surface area contributed by atoms with Crippen molar-refractivity contribution in [3.8, 4) is 5.75 Å². The molecule has 1 aliphatic rings. The van der Waals surface area contributed by atoms with E-state index in [2.05, 4.69) is 4.90 Å². The van der Waals surface area contributed by atoms with E-state index in [1.54, 1.807) is 7.11 Å². The molecule has 17 heavy (non-hydrogen) atoms. The fourth-order valence-corrected chi connectivity index (χ4v) is 2.33. The number of hydrogen-bond acceptors (Lipinski definition) is 3. The van der Waals surface area contributed by atoms with Crippen LogP contribution in [0, 0.1) is 5.92 Å². The van der Waals surface area contributed by atoms with Crippen LogP contribution in [0.4, 0.5) is 5.69 Å². The summed E-state index contributed by atoms with van der Waals surface area (Å²) in [5.41, 5.74) is 0.949. The molecule has 0 aliphatic carbocycles. The number of methoxy groups -OCH3 is 1. The van der Waals surface area contributed by atoms with E-state index in [4.69, 9.17) is 16.3 Å². The second kappa shape index (κ2) is 4.96. The minimum absolute atomic E-state index is 0.0750. The Balaban J connectivity index is 2.24. The van der Waals surface area contributed by atoms with Gasteiger partial charge in [-0.1, -0.05) is 18.5 Å². The number of ketones is 1. The Kier molecular flexibility index (Phi) is 3.57. The van der Waals surface area contributed by atoms with Crippen molar-refractivity contribution >= 4 is 23.1 Å². The van der Waals surface area contributed by atoms with Gasteiger partial charge in [-0.3, -0.25) is 4.79 Å². The lowest BCUT2D eigenvalue weighted by molar-refractivity contribution is -0.122. The second-order valence-corrected chi connectivity index (χ2v) is 4.79. The molecule has 0 bridgehead atoms. The van der Waals surface area contributed by atoms with E-state index in [0.29, 0.717) is 17.2 Å². The summed E-state index contributed by atoms with van der Waals surface area (Å²) >= 11 is 6.19. The Morgan fingerprint density at radius 2 is 2.24 bits per heavy atom. The van der Waals surface area contributed by atoms with Gasteiger partial charge in [0.05, 0.1) is 17.8 Å². The van der Waals surface area contributed by atoms with E-state index in [9.17, 15) is 4.79 Å². The minimum atomic E-state index is 0.0750. The average Bonchev–Trinajstić information content (AvgIpc) is 2.33. The van der Waals surface area contributed by atoms with E-state index in [-0.39, 0.29) is 5.92 Å². The number of rotatable bonds is 2. The Labute approximate surface area is 106 Å². The van der Waals surface area contributed by atoms with Crippen molar-refractivity contribution < 1.29 is 9.53 Å². The smallest absolute Gasteiger partial charge is 0.139 e. The maximum atomic E-state index is 11.5. The number of carbonyl (C=O) groups excluding carboxylic acids is 1. The van der Waals surface area contributed by atoms with Gasteiger partial charge < -0.3 is 9.64 Å². The van der Waals surface area contributed by atoms with Gasteiger partial charge in [0.1, 0.15) is 11.5 Å². The largest absolute Gasteiger partial charge is 0.497 e. The van der Waals surface area contributed by atoms with Crippen LogP contribution in [0.1, 0.15) is 13.3 Å². The minimum Gasteiger partial charge on any atom is -0.497 e. The first-order valence-electron chi connectivity index (χ1n) is 5.73. The van der Waals surface area contributed by atoms with Crippen LogP contribution in [-0.4, -0.2) is 26.0 Å². The summed E-state index contributed by atoms with van der Waals surface area (Å²) in [6, 6.07) is 5.59. The molecule has 0 aromatic heterocycles. The molecule has 0 spiro atoms. The molecule has 0 amide bonds. The number of halogens is 1. The summed E-state index contributed by atoms with van der Waals surface area (Å²) in [4.78, 5) is 13.6. The van der Waals surface area contributed by atoms with Gasteiger partial charge in [0.15, 0.2) is 0 Å². The molecule has 92 valence electrons. The first-order valence-corrected chi connectivity index (χ1v) is 6.11. The Morgan fingerprint density at radius 1 is 1.47 bits per heavy atom. The highest BCUT2D eigenvalue weighted by Gasteiger charge is 2.24. The monoisotopic (exact) mass is 253 g/mol. The number of carbonyl (C=O) groups is 1. The molecule has 1 heterocycles. The van der Waals surface area contributed by atoms with Gasteiger partial charge in [-0.25, -0.2) is 0 Å². The summed E-state index contributed by atoms with van der Waals surface area (Å²) in [7, 11) is 1.63. The molecule has 0 saturated carbocycles. The molecule has 1 atom stereocenters. The van der Waals surface area contributed by atoms with Crippen LogP contribution < -0.4 is 9.64 Å². The molecular formula is C13H16ClNO2. The lowest BCUT2D eigenvalue weighted by Crippen LogP contribution is -2.39. The van der Waals surface area contributed by atoms with Crippen LogP contribution in [0.5, 0.6) is 5.75 Å². The van der Waals surface area contributed by atoms with Gasteiger partial charge in [-0.05, 0) is 12.1 Å². The number of benzene rings is 1. The molecule has 4 heteroatoms. The highest BCUT2D eigenvalue weighted by atomic mass is 35.5. The molecule has 1 aromatic rings. The molecular weight excluding hydrogens is 238 g/mol. The standard InChI is InChI=1S/C13H16ClNO2/c1-9-8-15(6-5-13(9)16)12-7-10(17-2)3-4-11(12)14/h3-4,7,9H,5-6,8H2,1-2H3. The van der Waals surface area contributed by atoms with Crippen LogP contribution in [-0.2, 0) is 4.79 Å². The van der Waals surface area contributed by atoms with E-state index in [1.165, 1.54) is 0 Å². The first kappa shape index (κ1) is 12.2. The summed E-state index contributed by atoms with van der Waals surface area (Å²) in [6.07, 6.45) is 0.592. The molecule has 1 saturated heterocycles. The number of nitrogens with zero attached hydrogens (tertiary/aromatic N) is 1. The van der Waals surface area contributed by atoms with Crippen LogP contribution in [0.2, 0.25) is 5.02 Å². The topological polar surface area (TPSA) is 29.5 Å². The quantitative estimate of drug-likeness (QED) is 0.812. The zero-order valence-corrected chi connectivity index (χ0v) is 10.8. The highest BCUT2D eigenvalue weighted by Crippen LogP contribution is 2.32. The van der Waals surface area contributed by atoms with Crippen LogP contribution in [0.3, 0.4) is 0 Å². The molecule has 1 aromatic carbocycles. The van der Waals surface area contributed by atoms with Crippen LogP contribution in [0.25, 0.3) is 0 Å². The van der Waals surface area contributed by atoms with E-state index >= 15 is 0 Å². The zero-order valence-electron chi connectivity index (χ0n) is 10.1. The van der Waals surface area contributed by atoms with Crippen molar-refractivity contribution in [3.05, 3.63) is 23.2 Å². The summed E-state index contributed by atoms with van der Waals surface area (Å²) in [5, 5.41) is 0.701. The average molecular weight is 254 g/mol. The van der Waals surface area contributed by atoms with Crippen molar-refractivity contribution in [2.75, 3.05) is 25.1 Å². The van der Waals surface area contributed by atoms with Gasteiger partial charge in [0.2, 0.25) is 0 Å². The zero-order chi connectivity index (χ0) is 12.4. The number of Topliss-reactive ketones (excluding diaryl/α,β-unsaturated/α-hetero) is 1. The molecule has 2 rings (SSSR count). The first-order chi connectivity index (χ1) is 8.11. The van der Waals surface area contributed by atoms with Gasteiger partial charge in [-0.15, -0.1) is 0 Å². The normalized spacial score (nSPS) is 20.5. The maximum Gasteiger partial charge on any atom is 0.139 e. The van der Waals surface area contributed by atoms with E-state index in [0.717, 1.165) is 24.5 Å². The van der Waals surface area contributed by atoms with E-state index < -0.39 is 0 Å². The van der Waals surface area contributed by atoms with Gasteiger partial charge in [0, 0.05) is 31.5 Å². The third-order valence-corrected chi connectivity index (χ3v) is 3.49. The van der Waals surface area contributed by atoms with Crippen LogP contribution in [0.15, 0.2) is 18.2 Å². The third-order valence-electron chi connectivity index (χ3n) is 3.17. The lowest BCUT2D eigenvalue weighted by Gasteiger charge is -2.32. The molecule has 0 radical (unpaired) electrons. The Bertz CT molecular complexity index is 433.